The molecule has 0 aliphatic heterocycles. The molecule has 7 heteroatoms. The highest BCUT2D eigenvalue weighted by molar-refractivity contribution is 6.01. The minimum atomic E-state index is -0.438. The van der Waals surface area contributed by atoms with Gasteiger partial charge in [0, 0.05) is 5.69 Å². The van der Waals surface area contributed by atoms with Gasteiger partial charge in [0.15, 0.2) is 5.75 Å². The highest BCUT2D eigenvalue weighted by Gasteiger charge is 2.25. The molecule has 0 fully saturated rings. The number of unbranched alkanes of at least 4 members (excludes halogenated alkanes) is 2. The van der Waals surface area contributed by atoms with Crippen LogP contribution in [0.4, 0.5) is 16.2 Å². The van der Waals surface area contributed by atoms with Crippen molar-refractivity contribution >= 4 is 28.4 Å². The van der Waals surface area contributed by atoms with E-state index in [9.17, 15) is 9.90 Å². The van der Waals surface area contributed by atoms with Crippen molar-refractivity contribution in [3.05, 3.63) is 72.3 Å². The molecule has 0 saturated heterocycles. The summed E-state index contributed by atoms with van der Waals surface area (Å²) in [5, 5.41) is 25.9. The number of anilines is 2. The van der Waals surface area contributed by atoms with Gasteiger partial charge in [-0.15, -0.1) is 15.0 Å². The zero-order valence-electron chi connectivity index (χ0n) is 19.9. The van der Waals surface area contributed by atoms with Crippen LogP contribution in [-0.2, 0) is 5.41 Å². The monoisotopic (exact) mass is 457 g/mol. The summed E-state index contributed by atoms with van der Waals surface area (Å²) in [4.78, 5) is 14.2. The van der Waals surface area contributed by atoms with E-state index in [0.29, 0.717) is 17.1 Å². The fourth-order valence-corrected chi connectivity index (χ4v) is 3.99. The molecule has 1 aromatic heterocycles. The highest BCUT2D eigenvalue weighted by atomic mass is 16.3. The molecule has 4 aromatic rings. The van der Waals surface area contributed by atoms with Crippen LogP contribution in [0.3, 0.4) is 0 Å². The van der Waals surface area contributed by atoms with Gasteiger partial charge in [-0.2, -0.15) is 0 Å². The molecule has 0 bridgehead atoms. The largest absolute Gasteiger partial charge is 0.504 e. The number of rotatable bonds is 8. The van der Waals surface area contributed by atoms with E-state index < -0.39 is 6.03 Å². The van der Waals surface area contributed by atoms with E-state index in [1.807, 2.05) is 54.6 Å². The van der Waals surface area contributed by atoms with Gasteiger partial charge in [0.25, 0.3) is 0 Å². The van der Waals surface area contributed by atoms with Crippen LogP contribution in [0.15, 0.2) is 66.7 Å². The van der Waals surface area contributed by atoms with Crippen molar-refractivity contribution in [2.24, 2.45) is 0 Å². The molecule has 2 amide bonds. The molecule has 0 unspecified atom stereocenters. The second-order valence-electron chi connectivity index (χ2n) is 9.16. The summed E-state index contributed by atoms with van der Waals surface area (Å²) in [6, 6.07) is 20.1. The number of phenols is 1. The third kappa shape index (κ3) is 5.20. The molecule has 0 aliphatic carbocycles. The molecule has 34 heavy (non-hydrogen) atoms. The summed E-state index contributed by atoms with van der Waals surface area (Å²) in [5.74, 6) is -0.0865. The van der Waals surface area contributed by atoms with Gasteiger partial charge in [0.1, 0.15) is 16.7 Å². The van der Waals surface area contributed by atoms with Crippen LogP contribution in [-0.4, -0.2) is 26.1 Å². The lowest BCUT2D eigenvalue weighted by Crippen LogP contribution is -2.22. The van der Waals surface area contributed by atoms with Gasteiger partial charge in [-0.1, -0.05) is 70.4 Å². The van der Waals surface area contributed by atoms with Crippen molar-refractivity contribution in [3.8, 4) is 11.4 Å². The van der Waals surface area contributed by atoms with Crippen LogP contribution in [0.5, 0.6) is 5.75 Å². The number of amides is 2. The Kier molecular flexibility index (Phi) is 6.82. The number of carbonyl (C=O) groups excluding carboxylic acids is 1. The highest BCUT2D eigenvalue weighted by Crippen LogP contribution is 2.38. The first-order valence-corrected chi connectivity index (χ1v) is 11.7. The number of hydrogen-bond donors (Lipinski definition) is 3. The van der Waals surface area contributed by atoms with E-state index >= 15 is 0 Å². The first kappa shape index (κ1) is 23.3. The molecule has 4 rings (SSSR count). The summed E-state index contributed by atoms with van der Waals surface area (Å²) in [6.45, 7) is 6.55. The molecule has 0 aliphatic rings. The van der Waals surface area contributed by atoms with E-state index in [1.165, 1.54) is 4.80 Å². The number of hydrogen-bond acceptors (Lipinski definition) is 4. The van der Waals surface area contributed by atoms with E-state index in [2.05, 4.69) is 41.6 Å². The average molecular weight is 458 g/mol. The van der Waals surface area contributed by atoms with Crippen molar-refractivity contribution in [2.75, 3.05) is 10.6 Å². The van der Waals surface area contributed by atoms with Crippen LogP contribution < -0.4 is 10.6 Å². The van der Waals surface area contributed by atoms with Crippen molar-refractivity contribution < 1.29 is 9.90 Å². The fourth-order valence-electron chi connectivity index (χ4n) is 3.99. The van der Waals surface area contributed by atoms with Crippen LogP contribution >= 0.6 is 0 Å². The number of aromatic nitrogens is 3. The van der Waals surface area contributed by atoms with Crippen LogP contribution in [0, 0.1) is 0 Å². The first-order valence-electron chi connectivity index (χ1n) is 11.7. The summed E-state index contributed by atoms with van der Waals surface area (Å²) in [7, 11) is 0. The molecule has 176 valence electrons. The zero-order valence-corrected chi connectivity index (χ0v) is 19.9. The number of phenolic OH excluding ortho intramolecular Hbond substituents is 1. The van der Waals surface area contributed by atoms with Gasteiger partial charge < -0.3 is 15.7 Å². The Morgan fingerprint density at radius 2 is 1.59 bits per heavy atom. The Bertz CT molecular complexity index is 1250. The maximum absolute atomic E-state index is 12.7. The predicted molar refractivity (Wildman–Crippen MR) is 137 cm³/mol. The van der Waals surface area contributed by atoms with Gasteiger partial charge in [-0.25, -0.2) is 4.79 Å². The van der Waals surface area contributed by atoms with Crippen molar-refractivity contribution in [1.82, 2.24) is 15.0 Å². The number of carbonyl (C=O) groups is 1. The molecular weight excluding hydrogens is 426 g/mol. The SMILES string of the molecule is CCCCCC(C)(C)c1cc(NC(=O)Nc2ccccc2)c(O)c(-n2nc3ccccc3n2)c1. The van der Waals surface area contributed by atoms with Crippen molar-refractivity contribution in [1.29, 1.82) is 0 Å². The minimum absolute atomic E-state index is 0.0865. The number of fused-ring (bicyclic) bond motifs is 1. The zero-order chi connectivity index (χ0) is 24.1. The normalized spacial score (nSPS) is 11.5. The van der Waals surface area contributed by atoms with E-state index in [-0.39, 0.29) is 11.2 Å². The third-order valence-electron chi connectivity index (χ3n) is 6.06. The van der Waals surface area contributed by atoms with E-state index in [0.717, 1.165) is 42.3 Å². The lowest BCUT2D eigenvalue weighted by molar-refractivity contribution is 0.262. The second-order valence-corrected chi connectivity index (χ2v) is 9.16. The quantitative estimate of drug-likeness (QED) is 0.205. The Labute approximate surface area is 199 Å². The molecule has 3 aromatic carbocycles. The van der Waals surface area contributed by atoms with Crippen molar-refractivity contribution in [2.45, 2.75) is 51.9 Å². The lowest BCUT2D eigenvalue weighted by atomic mass is 9.79. The molecule has 0 atom stereocenters. The molecular formula is C27H31N5O2. The fraction of sp³-hybridized carbons (Fsp3) is 0.296. The Morgan fingerprint density at radius 3 is 2.24 bits per heavy atom. The second kappa shape index (κ2) is 9.95. The molecule has 0 saturated carbocycles. The maximum Gasteiger partial charge on any atom is 0.323 e. The average Bonchev–Trinajstić information content (AvgIpc) is 3.25. The topological polar surface area (TPSA) is 92.1 Å². The van der Waals surface area contributed by atoms with Gasteiger partial charge in [-0.05, 0) is 53.8 Å². The molecule has 1 heterocycles. The molecule has 7 nitrogen and oxygen atoms in total. The standard InChI is InChI=1S/C27H31N5O2/c1-4-5-11-16-27(2,3)19-17-23(29-26(34)28-20-12-7-6-8-13-20)25(33)24(18-19)32-30-21-14-9-10-15-22(21)31-32/h6-10,12-15,17-18,33H,4-5,11,16H2,1-3H3,(H2,28,29,34). The van der Waals surface area contributed by atoms with Crippen LogP contribution in [0.2, 0.25) is 0 Å². The molecule has 0 radical (unpaired) electrons. The van der Waals surface area contributed by atoms with Crippen LogP contribution in [0.25, 0.3) is 16.7 Å². The van der Waals surface area contributed by atoms with Gasteiger partial charge in [0.05, 0.1) is 5.69 Å². The summed E-state index contributed by atoms with van der Waals surface area (Å²) < 4.78 is 0. The van der Waals surface area contributed by atoms with E-state index in [4.69, 9.17) is 0 Å². The minimum Gasteiger partial charge on any atom is -0.504 e. The number of nitrogens with one attached hydrogen (secondary N) is 2. The number of urea groups is 1. The number of nitrogens with zero attached hydrogens (tertiary/aromatic N) is 3. The maximum atomic E-state index is 12.7. The Hall–Kier alpha value is -3.87. The Balaban J connectivity index is 1.73. The lowest BCUT2D eigenvalue weighted by Gasteiger charge is -2.27. The smallest absolute Gasteiger partial charge is 0.323 e. The summed E-state index contributed by atoms with van der Waals surface area (Å²) in [5.41, 5.74) is 3.68. The molecule has 3 N–H and O–H groups in total. The van der Waals surface area contributed by atoms with E-state index in [1.54, 1.807) is 12.1 Å². The van der Waals surface area contributed by atoms with Gasteiger partial charge in [-0.3, -0.25) is 0 Å². The number of para-hydroxylation sites is 1. The van der Waals surface area contributed by atoms with Gasteiger partial charge >= 0.3 is 6.03 Å². The summed E-state index contributed by atoms with van der Waals surface area (Å²) >= 11 is 0. The molecule has 0 spiro atoms. The third-order valence-corrected chi connectivity index (χ3v) is 6.06. The number of benzene rings is 3. The predicted octanol–water partition coefficient (Wildman–Crippen LogP) is 6.63. The van der Waals surface area contributed by atoms with Crippen molar-refractivity contribution in [3.63, 3.8) is 0 Å². The first-order chi connectivity index (χ1) is 16.4. The Morgan fingerprint density at radius 1 is 0.941 bits per heavy atom. The summed E-state index contributed by atoms with van der Waals surface area (Å²) in [6.07, 6.45) is 4.38. The van der Waals surface area contributed by atoms with Gasteiger partial charge in [0.2, 0.25) is 0 Å². The van der Waals surface area contributed by atoms with Crippen LogP contribution in [0.1, 0.15) is 52.0 Å². The number of aromatic hydroxyl groups is 1.